The van der Waals surface area contributed by atoms with Crippen LogP contribution in [0.25, 0.3) is 0 Å². The fraction of sp³-hybridized carbons (Fsp3) is 0.571. The molecule has 1 heterocycles. The molecule has 0 radical (unpaired) electrons. The van der Waals surface area contributed by atoms with Crippen LogP contribution in [0.3, 0.4) is 0 Å². The van der Waals surface area contributed by atoms with E-state index in [2.05, 4.69) is 4.90 Å². The molecule has 0 unspecified atom stereocenters. The van der Waals surface area contributed by atoms with Crippen molar-refractivity contribution in [1.29, 1.82) is 0 Å². The molecule has 0 spiro atoms. The molecule has 0 amide bonds. The van der Waals surface area contributed by atoms with E-state index in [4.69, 9.17) is 9.84 Å². The van der Waals surface area contributed by atoms with Crippen LogP contribution in [0.15, 0.2) is 18.2 Å². The van der Waals surface area contributed by atoms with Crippen molar-refractivity contribution in [3.05, 3.63) is 29.3 Å². The number of rotatable bonds is 5. The molecule has 0 aliphatic carbocycles. The Labute approximate surface area is 116 Å². The number of aliphatic hydroxyl groups excluding tert-OH is 1. The number of alkyl halides is 3. The van der Waals surface area contributed by atoms with Crippen LogP contribution in [0.1, 0.15) is 24.0 Å². The van der Waals surface area contributed by atoms with E-state index in [1.54, 1.807) is 0 Å². The number of hydrogen-bond donors (Lipinski definition) is 1. The molecule has 1 aliphatic rings. The van der Waals surface area contributed by atoms with Gasteiger partial charge < -0.3 is 9.84 Å². The third-order valence-corrected chi connectivity index (χ3v) is 3.40. The van der Waals surface area contributed by atoms with Gasteiger partial charge in [-0.3, -0.25) is 4.90 Å². The Morgan fingerprint density at radius 3 is 2.50 bits per heavy atom. The summed E-state index contributed by atoms with van der Waals surface area (Å²) in [5, 5.41) is 8.92. The van der Waals surface area contributed by atoms with Gasteiger partial charge in [0.1, 0.15) is 12.4 Å². The van der Waals surface area contributed by atoms with E-state index in [0.29, 0.717) is 6.54 Å². The van der Waals surface area contributed by atoms with E-state index < -0.39 is 18.3 Å². The van der Waals surface area contributed by atoms with E-state index in [-0.39, 0.29) is 17.9 Å². The van der Waals surface area contributed by atoms with Crippen LogP contribution in [-0.2, 0) is 12.8 Å². The summed E-state index contributed by atoms with van der Waals surface area (Å²) in [6.45, 7) is 2.43. The highest BCUT2D eigenvalue weighted by Gasteiger charge is 2.34. The molecule has 1 saturated heterocycles. The van der Waals surface area contributed by atoms with E-state index >= 15 is 0 Å². The van der Waals surface area contributed by atoms with Crippen molar-refractivity contribution in [2.75, 3.05) is 26.2 Å². The summed E-state index contributed by atoms with van der Waals surface area (Å²) in [4.78, 5) is 2.18. The first-order valence-corrected chi connectivity index (χ1v) is 6.67. The van der Waals surface area contributed by atoms with E-state index in [1.165, 1.54) is 12.1 Å². The van der Waals surface area contributed by atoms with Gasteiger partial charge in [0.25, 0.3) is 0 Å². The number of aliphatic hydroxyl groups is 1. The highest BCUT2D eigenvalue weighted by Crippen LogP contribution is 2.36. The summed E-state index contributed by atoms with van der Waals surface area (Å²) >= 11 is 0. The molecular formula is C14H18F3NO2. The predicted octanol–water partition coefficient (Wildman–Crippen LogP) is 2.67. The molecule has 0 bridgehead atoms. The van der Waals surface area contributed by atoms with Gasteiger partial charge in [-0.05, 0) is 43.6 Å². The molecule has 3 nitrogen and oxygen atoms in total. The molecule has 0 atom stereocenters. The van der Waals surface area contributed by atoms with Gasteiger partial charge in [0.05, 0.1) is 12.2 Å². The van der Waals surface area contributed by atoms with Crippen molar-refractivity contribution in [1.82, 2.24) is 4.90 Å². The minimum Gasteiger partial charge on any atom is -0.492 e. The monoisotopic (exact) mass is 289 g/mol. The molecular weight excluding hydrogens is 271 g/mol. The molecule has 0 aromatic heterocycles. The SMILES string of the molecule is OCc1ccc(OCCN2CCCC2)c(C(F)(F)F)c1. The zero-order valence-corrected chi connectivity index (χ0v) is 11.1. The lowest BCUT2D eigenvalue weighted by Gasteiger charge is -2.18. The van der Waals surface area contributed by atoms with Crippen LogP contribution >= 0.6 is 0 Å². The molecule has 1 N–H and O–H groups in total. The van der Waals surface area contributed by atoms with E-state index in [9.17, 15) is 13.2 Å². The van der Waals surface area contributed by atoms with Crippen LogP contribution in [-0.4, -0.2) is 36.2 Å². The van der Waals surface area contributed by atoms with Gasteiger partial charge in [-0.2, -0.15) is 13.2 Å². The first-order chi connectivity index (χ1) is 9.50. The lowest BCUT2D eigenvalue weighted by atomic mass is 10.1. The lowest BCUT2D eigenvalue weighted by Crippen LogP contribution is -2.25. The van der Waals surface area contributed by atoms with Crippen molar-refractivity contribution < 1.29 is 23.0 Å². The molecule has 2 rings (SSSR count). The Morgan fingerprint density at radius 1 is 1.20 bits per heavy atom. The zero-order valence-electron chi connectivity index (χ0n) is 11.1. The fourth-order valence-corrected chi connectivity index (χ4v) is 2.31. The summed E-state index contributed by atoms with van der Waals surface area (Å²) in [6, 6.07) is 3.66. The Hall–Kier alpha value is -1.27. The second kappa shape index (κ2) is 6.45. The maximum absolute atomic E-state index is 12.9. The Balaban J connectivity index is 2.02. The second-order valence-corrected chi connectivity index (χ2v) is 4.88. The topological polar surface area (TPSA) is 32.7 Å². The highest BCUT2D eigenvalue weighted by atomic mass is 19.4. The second-order valence-electron chi connectivity index (χ2n) is 4.88. The number of nitrogens with zero attached hydrogens (tertiary/aromatic N) is 1. The fourth-order valence-electron chi connectivity index (χ4n) is 2.31. The van der Waals surface area contributed by atoms with Crippen LogP contribution in [0.2, 0.25) is 0 Å². The van der Waals surface area contributed by atoms with Gasteiger partial charge >= 0.3 is 6.18 Å². The first kappa shape index (κ1) is 15.1. The van der Waals surface area contributed by atoms with E-state index in [0.717, 1.165) is 32.0 Å². The minimum absolute atomic E-state index is 0.172. The van der Waals surface area contributed by atoms with Crippen molar-refractivity contribution in [3.8, 4) is 5.75 Å². The Bertz CT molecular complexity index is 443. The number of halogens is 3. The molecule has 0 saturated carbocycles. The van der Waals surface area contributed by atoms with Gasteiger partial charge in [-0.15, -0.1) is 0 Å². The smallest absolute Gasteiger partial charge is 0.419 e. The third-order valence-electron chi connectivity index (χ3n) is 3.40. The zero-order chi connectivity index (χ0) is 14.6. The molecule has 6 heteroatoms. The maximum atomic E-state index is 12.9. The summed E-state index contributed by atoms with van der Waals surface area (Å²) in [5.74, 6) is -0.172. The number of ether oxygens (including phenoxy) is 1. The largest absolute Gasteiger partial charge is 0.492 e. The quantitative estimate of drug-likeness (QED) is 0.904. The molecule has 112 valence electrons. The highest BCUT2D eigenvalue weighted by molar-refractivity contribution is 5.39. The molecule has 1 aliphatic heterocycles. The number of hydrogen-bond acceptors (Lipinski definition) is 3. The Morgan fingerprint density at radius 2 is 1.90 bits per heavy atom. The van der Waals surface area contributed by atoms with Crippen LogP contribution in [0.5, 0.6) is 5.75 Å². The van der Waals surface area contributed by atoms with Crippen molar-refractivity contribution in [2.45, 2.75) is 25.6 Å². The summed E-state index contributed by atoms with van der Waals surface area (Å²) in [5.41, 5.74) is -0.602. The van der Waals surface area contributed by atoms with Crippen LogP contribution in [0.4, 0.5) is 13.2 Å². The van der Waals surface area contributed by atoms with Crippen molar-refractivity contribution in [2.24, 2.45) is 0 Å². The maximum Gasteiger partial charge on any atom is 0.419 e. The third kappa shape index (κ3) is 3.86. The van der Waals surface area contributed by atoms with Crippen LogP contribution in [0, 0.1) is 0 Å². The van der Waals surface area contributed by atoms with Crippen molar-refractivity contribution >= 4 is 0 Å². The standard InChI is InChI=1S/C14H18F3NO2/c15-14(16,17)12-9-11(10-19)3-4-13(12)20-8-7-18-5-1-2-6-18/h3-4,9,19H,1-2,5-8,10H2. The average Bonchev–Trinajstić information content (AvgIpc) is 2.91. The summed E-state index contributed by atoms with van der Waals surface area (Å²) in [6.07, 6.45) is -2.20. The lowest BCUT2D eigenvalue weighted by molar-refractivity contribution is -0.139. The van der Waals surface area contributed by atoms with E-state index in [1.807, 2.05) is 0 Å². The average molecular weight is 289 g/mol. The molecule has 1 fully saturated rings. The van der Waals surface area contributed by atoms with Gasteiger partial charge in [0.15, 0.2) is 0 Å². The molecule has 1 aromatic rings. The summed E-state index contributed by atoms with van der Waals surface area (Å²) in [7, 11) is 0. The molecule has 1 aromatic carbocycles. The van der Waals surface area contributed by atoms with Gasteiger partial charge in [-0.1, -0.05) is 6.07 Å². The van der Waals surface area contributed by atoms with Gasteiger partial charge in [-0.25, -0.2) is 0 Å². The van der Waals surface area contributed by atoms with Gasteiger partial charge in [0, 0.05) is 6.54 Å². The predicted molar refractivity (Wildman–Crippen MR) is 68.5 cm³/mol. The van der Waals surface area contributed by atoms with Crippen molar-refractivity contribution in [3.63, 3.8) is 0 Å². The minimum atomic E-state index is -4.48. The molecule has 20 heavy (non-hydrogen) atoms. The number of likely N-dealkylation sites (tertiary alicyclic amines) is 1. The summed E-state index contributed by atoms with van der Waals surface area (Å²) < 4.78 is 44.0. The Kier molecular flexibility index (Phi) is 4.88. The van der Waals surface area contributed by atoms with Crippen LogP contribution < -0.4 is 4.74 Å². The number of benzene rings is 1. The normalized spacial score (nSPS) is 16.6. The van der Waals surface area contributed by atoms with Gasteiger partial charge in [0.2, 0.25) is 0 Å². The first-order valence-electron chi connectivity index (χ1n) is 6.67.